The van der Waals surface area contributed by atoms with E-state index in [0.29, 0.717) is 17.5 Å². The fraction of sp³-hybridized carbons (Fsp3) is 0.304. The van der Waals surface area contributed by atoms with Crippen molar-refractivity contribution in [3.63, 3.8) is 0 Å². The molecule has 0 bridgehead atoms. The smallest absolute Gasteiger partial charge is 0.263 e. The van der Waals surface area contributed by atoms with Gasteiger partial charge in [-0.1, -0.05) is 13.0 Å². The molecule has 0 spiro atoms. The Kier molecular flexibility index (Phi) is 6.62. The lowest BCUT2D eigenvalue weighted by molar-refractivity contribution is 0.0947. The van der Waals surface area contributed by atoms with Crippen molar-refractivity contribution in [3.05, 3.63) is 70.1 Å². The van der Waals surface area contributed by atoms with Crippen LogP contribution in [0.15, 0.2) is 60.4 Å². The summed E-state index contributed by atoms with van der Waals surface area (Å²) in [7, 11) is 0. The summed E-state index contributed by atoms with van der Waals surface area (Å²) in [4.78, 5) is 22.9. The molecule has 0 radical (unpaired) electrons. The van der Waals surface area contributed by atoms with Gasteiger partial charge < -0.3 is 9.88 Å². The molecule has 0 aliphatic carbocycles. The van der Waals surface area contributed by atoms with Crippen LogP contribution in [0.5, 0.6) is 0 Å². The van der Waals surface area contributed by atoms with Crippen LogP contribution in [-0.4, -0.2) is 39.5 Å². The highest BCUT2D eigenvalue weighted by Crippen LogP contribution is 2.33. The number of thiophene rings is 2. The van der Waals surface area contributed by atoms with Crippen LogP contribution in [0, 0.1) is 0 Å². The van der Waals surface area contributed by atoms with E-state index in [4.69, 9.17) is 0 Å². The molecular formula is C23H26N4OS2. The number of rotatable bonds is 9. The Morgan fingerprint density at radius 1 is 1.23 bits per heavy atom. The molecular weight excluding hydrogens is 412 g/mol. The summed E-state index contributed by atoms with van der Waals surface area (Å²) < 4.78 is 2.00. The summed E-state index contributed by atoms with van der Waals surface area (Å²) in [6.45, 7) is 6.81. The summed E-state index contributed by atoms with van der Waals surface area (Å²) in [5.41, 5.74) is 0.906. The fourth-order valence-electron chi connectivity index (χ4n) is 3.52. The van der Waals surface area contributed by atoms with Crippen LogP contribution < -0.4 is 5.32 Å². The number of nitrogens with one attached hydrogen (secondary N) is 1. The average molecular weight is 439 g/mol. The van der Waals surface area contributed by atoms with Crippen LogP contribution in [0.1, 0.15) is 34.8 Å². The second-order valence-corrected chi connectivity index (χ2v) is 9.32. The van der Waals surface area contributed by atoms with Crippen molar-refractivity contribution in [2.45, 2.75) is 32.9 Å². The van der Waals surface area contributed by atoms with Gasteiger partial charge in [-0.15, -0.1) is 22.7 Å². The normalized spacial score (nSPS) is 12.5. The molecule has 0 aliphatic heterocycles. The fourth-order valence-corrected chi connectivity index (χ4v) is 5.31. The quantitative estimate of drug-likeness (QED) is 0.392. The molecule has 0 aliphatic rings. The van der Waals surface area contributed by atoms with Crippen molar-refractivity contribution >= 4 is 38.8 Å². The Morgan fingerprint density at radius 2 is 2.07 bits per heavy atom. The topological polar surface area (TPSA) is 50.2 Å². The molecule has 1 atom stereocenters. The molecule has 7 heteroatoms. The highest BCUT2D eigenvalue weighted by Gasteiger charge is 2.20. The van der Waals surface area contributed by atoms with E-state index in [-0.39, 0.29) is 5.91 Å². The van der Waals surface area contributed by atoms with Crippen LogP contribution in [0.2, 0.25) is 0 Å². The molecule has 5 nitrogen and oxygen atoms in total. The third-order valence-corrected chi connectivity index (χ3v) is 7.31. The van der Waals surface area contributed by atoms with Crippen molar-refractivity contribution in [2.75, 3.05) is 13.1 Å². The van der Waals surface area contributed by atoms with E-state index in [1.54, 1.807) is 17.5 Å². The minimum absolute atomic E-state index is 0.0399. The van der Waals surface area contributed by atoms with Gasteiger partial charge in [-0.3, -0.25) is 9.69 Å². The number of amides is 1. The van der Waals surface area contributed by atoms with E-state index >= 15 is 0 Å². The molecule has 1 N–H and O–H groups in total. The maximum Gasteiger partial charge on any atom is 0.263 e. The minimum atomic E-state index is -0.0399. The number of carbonyl (C=O) groups excluding carboxylic acids is 1. The molecule has 4 heterocycles. The lowest BCUT2D eigenvalue weighted by Crippen LogP contribution is -2.39. The Hall–Kier alpha value is -2.48. The van der Waals surface area contributed by atoms with Crippen molar-refractivity contribution < 1.29 is 4.79 Å². The zero-order chi connectivity index (χ0) is 20.9. The van der Waals surface area contributed by atoms with Gasteiger partial charge in [0.15, 0.2) is 0 Å². The molecule has 4 aromatic rings. The number of pyridine rings is 1. The van der Waals surface area contributed by atoms with Gasteiger partial charge >= 0.3 is 0 Å². The third kappa shape index (κ3) is 4.48. The highest BCUT2D eigenvalue weighted by molar-refractivity contribution is 7.21. The Bertz CT molecular complexity index is 1090. The van der Waals surface area contributed by atoms with Crippen molar-refractivity contribution in [3.8, 4) is 5.69 Å². The molecule has 1 amide bonds. The van der Waals surface area contributed by atoms with Crippen molar-refractivity contribution in [2.24, 2.45) is 0 Å². The van der Waals surface area contributed by atoms with E-state index in [1.807, 2.05) is 41.2 Å². The lowest BCUT2D eigenvalue weighted by atomic mass is 10.2. The first kappa shape index (κ1) is 20.8. The van der Waals surface area contributed by atoms with Crippen LogP contribution in [0.3, 0.4) is 0 Å². The number of nitrogens with zero attached hydrogens (tertiary/aromatic N) is 3. The predicted molar refractivity (Wildman–Crippen MR) is 126 cm³/mol. The first-order valence-electron chi connectivity index (χ1n) is 10.2. The van der Waals surface area contributed by atoms with Crippen molar-refractivity contribution in [1.82, 2.24) is 19.8 Å². The van der Waals surface area contributed by atoms with Gasteiger partial charge in [0.1, 0.15) is 9.71 Å². The molecule has 0 fully saturated rings. The van der Waals surface area contributed by atoms with Gasteiger partial charge in [-0.05, 0) is 49.1 Å². The van der Waals surface area contributed by atoms with Gasteiger partial charge in [0.2, 0.25) is 0 Å². The van der Waals surface area contributed by atoms with Crippen LogP contribution in [0.25, 0.3) is 15.9 Å². The number of hydrogen-bond acceptors (Lipinski definition) is 5. The Morgan fingerprint density at radius 3 is 2.80 bits per heavy atom. The third-order valence-electron chi connectivity index (χ3n) is 5.35. The summed E-state index contributed by atoms with van der Waals surface area (Å²) in [5.74, 6) is -0.0399. The van der Waals surface area contributed by atoms with Crippen LogP contribution in [0.4, 0.5) is 0 Å². The van der Waals surface area contributed by atoms with E-state index in [2.05, 4.69) is 46.6 Å². The Labute approximate surface area is 185 Å². The van der Waals surface area contributed by atoms with Crippen LogP contribution >= 0.6 is 22.7 Å². The molecule has 1 unspecified atom stereocenters. The molecule has 0 saturated carbocycles. The lowest BCUT2D eigenvalue weighted by Gasteiger charge is -2.28. The zero-order valence-corrected chi connectivity index (χ0v) is 18.9. The SMILES string of the molecule is CCC(C)N(CCNC(=O)c1sc2ncccc2c1-n1cccc1)Cc1cccs1. The predicted octanol–water partition coefficient (Wildman–Crippen LogP) is 5.18. The standard InChI is InChI=1S/C23H26N4OS2/c1-3-17(2)27(16-18-8-7-15-29-18)14-11-24-22(28)21-20(26-12-4-5-13-26)19-9-6-10-25-23(19)30-21/h4-10,12-13,15,17H,3,11,14,16H2,1-2H3,(H,24,28). The molecule has 156 valence electrons. The van der Waals surface area contributed by atoms with E-state index in [1.165, 1.54) is 16.2 Å². The second kappa shape index (κ2) is 9.55. The van der Waals surface area contributed by atoms with Gasteiger partial charge in [0.05, 0.1) is 5.69 Å². The second-order valence-electron chi connectivity index (χ2n) is 7.29. The average Bonchev–Trinajstić information content (AvgIpc) is 3.52. The maximum atomic E-state index is 13.1. The van der Waals surface area contributed by atoms with E-state index < -0.39 is 0 Å². The number of hydrogen-bond donors (Lipinski definition) is 1. The minimum Gasteiger partial charge on any atom is -0.350 e. The summed E-state index contributed by atoms with van der Waals surface area (Å²) in [5, 5.41) is 6.26. The molecule has 0 saturated heterocycles. The van der Waals surface area contributed by atoms with E-state index in [9.17, 15) is 4.79 Å². The van der Waals surface area contributed by atoms with Gasteiger partial charge in [-0.25, -0.2) is 4.98 Å². The molecule has 4 aromatic heterocycles. The van der Waals surface area contributed by atoms with Gasteiger partial charge in [0.25, 0.3) is 5.91 Å². The summed E-state index contributed by atoms with van der Waals surface area (Å²) in [6.07, 6.45) is 6.79. The summed E-state index contributed by atoms with van der Waals surface area (Å²) in [6, 6.07) is 12.6. The number of carbonyl (C=O) groups is 1. The van der Waals surface area contributed by atoms with E-state index in [0.717, 1.165) is 35.4 Å². The Balaban J connectivity index is 1.49. The van der Waals surface area contributed by atoms with Gasteiger partial charge in [-0.2, -0.15) is 0 Å². The highest BCUT2D eigenvalue weighted by atomic mass is 32.1. The largest absolute Gasteiger partial charge is 0.350 e. The van der Waals surface area contributed by atoms with Crippen LogP contribution in [-0.2, 0) is 6.54 Å². The van der Waals surface area contributed by atoms with Crippen molar-refractivity contribution in [1.29, 1.82) is 0 Å². The first-order valence-corrected chi connectivity index (χ1v) is 11.9. The summed E-state index contributed by atoms with van der Waals surface area (Å²) >= 11 is 3.23. The molecule has 0 aromatic carbocycles. The number of fused-ring (bicyclic) bond motifs is 1. The molecule has 30 heavy (non-hydrogen) atoms. The monoisotopic (exact) mass is 438 g/mol. The van der Waals surface area contributed by atoms with Gasteiger partial charge in [0, 0.05) is 54.5 Å². The number of aromatic nitrogens is 2. The zero-order valence-electron chi connectivity index (χ0n) is 17.2. The first-order chi connectivity index (χ1) is 14.7. The maximum absolute atomic E-state index is 13.1. The molecule has 4 rings (SSSR count).